The molecule has 0 saturated carbocycles. The van der Waals surface area contributed by atoms with Crippen LogP contribution in [0.4, 0.5) is 13.2 Å². The van der Waals surface area contributed by atoms with Crippen LogP contribution in [0.3, 0.4) is 0 Å². The predicted octanol–water partition coefficient (Wildman–Crippen LogP) is 2.26. The number of guanidine groups is 1. The van der Waals surface area contributed by atoms with Gasteiger partial charge in [-0.1, -0.05) is 13.0 Å². The van der Waals surface area contributed by atoms with Crippen LogP contribution in [0.1, 0.15) is 18.1 Å². The van der Waals surface area contributed by atoms with Crippen molar-refractivity contribution in [1.82, 2.24) is 5.01 Å². The van der Waals surface area contributed by atoms with E-state index in [0.717, 1.165) is 6.07 Å². The van der Waals surface area contributed by atoms with Crippen molar-refractivity contribution in [2.24, 2.45) is 16.8 Å². The van der Waals surface area contributed by atoms with Crippen LogP contribution in [-0.2, 0) is 6.18 Å². The number of hydrogen-bond acceptors (Lipinski definition) is 3. The topological polar surface area (TPSA) is 74.7 Å². The summed E-state index contributed by atoms with van der Waals surface area (Å²) in [5.41, 5.74) is 5.20. The van der Waals surface area contributed by atoms with Crippen LogP contribution < -0.4 is 10.5 Å². The molecule has 0 spiro atoms. The number of methoxy groups -OCH3 is 1. The lowest BCUT2D eigenvalue weighted by Gasteiger charge is -2.16. The van der Waals surface area contributed by atoms with Gasteiger partial charge in [0.1, 0.15) is 5.75 Å². The van der Waals surface area contributed by atoms with Gasteiger partial charge in [-0.2, -0.15) is 18.3 Å². The Labute approximate surface area is 119 Å². The van der Waals surface area contributed by atoms with Crippen molar-refractivity contribution in [3.05, 3.63) is 29.3 Å². The molecule has 8 heteroatoms. The van der Waals surface area contributed by atoms with Crippen LogP contribution in [0.2, 0.25) is 0 Å². The lowest BCUT2D eigenvalue weighted by molar-refractivity contribution is -0.138. The number of halogens is 3. The zero-order chi connectivity index (χ0) is 15.8. The van der Waals surface area contributed by atoms with E-state index in [1.807, 2.05) is 6.92 Å². The van der Waals surface area contributed by atoms with Gasteiger partial charge < -0.3 is 10.5 Å². The van der Waals surface area contributed by atoms with E-state index >= 15 is 0 Å². The van der Waals surface area contributed by atoms with Crippen molar-refractivity contribution >= 4 is 11.7 Å². The first-order chi connectivity index (χ1) is 9.75. The summed E-state index contributed by atoms with van der Waals surface area (Å²) < 4.78 is 44.0. The molecule has 0 aromatic heterocycles. The van der Waals surface area contributed by atoms with Crippen LogP contribution in [0, 0.1) is 11.3 Å². The third-order valence-electron chi connectivity index (χ3n) is 3.22. The van der Waals surface area contributed by atoms with Crippen molar-refractivity contribution in [3.63, 3.8) is 0 Å². The molecular weight excluding hydrogens is 285 g/mol. The summed E-state index contributed by atoms with van der Waals surface area (Å²) in [4.78, 5) is 0. The maximum atomic E-state index is 13.0. The van der Waals surface area contributed by atoms with E-state index in [4.69, 9.17) is 15.9 Å². The average Bonchev–Trinajstić information content (AvgIpc) is 2.79. The highest BCUT2D eigenvalue weighted by Crippen LogP contribution is 2.39. The first-order valence-electron chi connectivity index (χ1n) is 6.20. The molecule has 1 unspecified atom stereocenters. The predicted molar refractivity (Wildman–Crippen MR) is 72.3 cm³/mol. The molecule has 21 heavy (non-hydrogen) atoms. The van der Waals surface area contributed by atoms with Crippen LogP contribution in [0.25, 0.3) is 0 Å². The number of hydrazone groups is 1. The Bertz CT molecular complexity index is 598. The van der Waals surface area contributed by atoms with E-state index in [9.17, 15) is 13.2 Å². The summed E-state index contributed by atoms with van der Waals surface area (Å²) in [6, 6.07) is 3.80. The summed E-state index contributed by atoms with van der Waals surface area (Å²) in [7, 11) is 1.19. The number of nitrogens with one attached hydrogen (secondary N) is 1. The minimum absolute atomic E-state index is 0.161. The molecule has 1 aliphatic rings. The van der Waals surface area contributed by atoms with Gasteiger partial charge in [-0.15, -0.1) is 0 Å². The molecule has 0 saturated heterocycles. The fourth-order valence-corrected chi connectivity index (χ4v) is 2.27. The van der Waals surface area contributed by atoms with E-state index in [0.29, 0.717) is 12.3 Å². The van der Waals surface area contributed by atoms with Crippen molar-refractivity contribution in [2.45, 2.75) is 13.1 Å². The number of rotatable bonds is 2. The van der Waals surface area contributed by atoms with Gasteiger partial charge in [-0.3, -0.25) is 5.41 Å². The van der Waals surface area contributed by atoms with Gasteiger partial charge in [0.2, 0.25) is 5.96 Å². The Morgan fingerprint density at radius 2 is 2.14 bits per heavy atom. The van der Waals surface area contributed by atoms with Gasteiger partial charge in [-0.25, -0.2) is 5.01 Å². The first kappa shape index (κ1) is 15.1. The average molecular weight is 300 g/mol. The van der Waals surface area contributed by atoms with Crippen LogP contribution in [0.15, 0.2) is 23.3 Å². The van der Waals surface area contributed by atoms with Crippen molar-refractivity contribution < 1.29 is 17.9 Å². The van der Waals surface area contributed by atoms with E-state index in [1.54, 1.807) is 0 Å². The molecule has 1 atom stereocenters. The summed E-state index contributed by atoms with van der Waals surface area (Å²) >= 11 is 0. The molecule has 0 aliphatic carbocycles. The normalized spacial score (nSPS) is 18.6. The molecule has 0 radical (unpaired) electrons. The molecule has 1 aromatic carbocycles. The number of hydrogen-bond donors (Lipinski definition) is 2. The Kier molecular flexibility index (Phi) is 3.80. The summed E-state index contributed by atoms with van der Waals surface area (Å²) in [6.45, 7) is 2.16. The lowest BCUT2D eigenvalue weighted by atomic mass is 9.96. The van der Waals surface area contributed by atoms with Gasteiger partial charge in [0, 0.05) is 11.5 Å². The highest BCUT2D eigenvalue weighted by Gasteiger charge is 2.37. The molecule has 2 rings (SSSR count). The van der Waals surface area contributed by atoms with Gasteiger partial charge >= 0.3 is 6.18 Å². The Morgan fingerprint density at radius 1 is 1.48 bits per heavy atom. The minimum Gasteiger partial charge on any atom is -0.495 e. The van der Waals surface area contributed by atoms with Crippen molar-refractivity contribution in [3.8, 4) is 5.75 Å². The number of nitrogens with zero attached hydrogens (tertiary/aromatic N) is 2. The summed E-state index contributed by atoms with van der Waals surface area (Å²) in [6.07, 6.45) is -4.51. The summed E-state index contributed by atoms with van der Waals surface area (Å²) in [5, 5.41) is 12.7. The van der Waals surface area contributed by atoms with Gasteiger partial charge in [0.15, 0.2) is 0 Å². The van der Waals surface area contributed by atoms with E-state index in [-0.39, 0.29) is 23.2 Å². The van der Waals surface area contributed by atoms with Crippen LogP contribution in [-0.4, -0.2) is 30.3 Å². The second-order valence-corrected chi connectivity index (χ2v) is 4.74. The molecule has 1 heterocycles. The molecule has 3 N–H and O–H groups in total. The van der Waals surface area contributed by atoms with E-state index in [2.05, 4.69) is 5.10 Å². The third kappa shape index (κ3) is 2.79. The second-order valence-electron chi connectivity index (χ2n) is 4.74. The van der Waals surface area contributed by atoms with Gasteiger partial charge in [0.25, 0.3) is 0 Å². The van der Waals surface area contributed by atoms with Crippen LogP contribution in [0.5, 0.6) is 5.75 Å². The van der Waals surface area contributed by atoms with Crippen LogP contribution >= 0.6 is 0 Å². The van der Waals surface area contributed by atoms with Crippen molar-refractivity contribution in [1.29, 1.82) is 5.41 Å². The molecule has 0 bridgehead atoms. The van der Waals surface area contributed by atoms with Gasteiger partial charge in [0.05, 0.1) is 24.9 Å². The highest BCUT2D eigenvalue weighted by molar-refractivity contribution is 6.06. The molecule has 1 aliphatic heterocycles. The molecule has 114 valence electrons. The largest absolute Gasteiger partial charge is 0.495 e. The maximum absolute atomic E-state index is 13.0. The molecule has 0 amide bonds. The SMILES string of the molecule is COc1c(C2=NN(C(=N)N)CC2C)cccc1C(F)(F)F. The Balaban J connectivity index is 2.55. The van der Waals surface area contributed by atoms with Gasteiger partial charge in [-0.05, 0) is 12.1 Å². The van der Waals surface area contributed by atoms with E-state index in [1.165, 1.54) is 24.3 Å². The number of benzene rings is 1. The fraction of sp³-hybridized carbons (Fsp3) is 0.385. The maximum Gasteiger partial charge on any atom is 0.419 e. The number of alkyl halides is 3. The smallest absolute Gasteiger partial charge is 0.419 e. The summed E-state index contributed by atoms with van der Waals surface area (Å²) in [5.74, 6) is -0.671. The fourth-order valence-electron chi connectivity index (χ4n) is 2.27. The number of para-hydroxylation sites is 1. The first-order valence-corrected chi connectivity index (χ1v) is 6.20. The zero-order valence-corrected chi connectivity index (χ0v) is 11.5. The monoisotopic (exact) mass is 300 g/mol. The second kappa shape index (κ2) is 5.27. The number of nitrogens with two attached hydrogens (primary N) is 1. The minimum atomic E-state index is -4.51. The Hall–Kier alpha value is -2.25. The third-order valence-corrected chi connectivity index (χ3v) is 3.22. The molecular formula is C13H15F3N4O. The zero-order valence-electron chi connectivity index (χ0n) is 11.5. The lowest BCUT2D eigenvalue weighted by Crippen LogP contribution is -2.31. The number of ether oxygens (including phenoxy) is 1. The standard InChI is InChI=1S/C13H15F3N4O/c1-7-6-20(12(17)18)19-10(7)8-4-3-5-9(11(8)21-2)13(14,15)16/h3-5,7H,6H2,1-2H3,(H3,17,18). The molecule has 0 fully saturated rings. The molecule has 1 aromatic rings. The highest BCUT2D eigenvalue weighted by atomic mass is 19.4. The quantitative estimate of drug-likeness (QED) is 0.650. The molecule has 5 nitrogen and oxygen atoms in total. The Morgan fingerprint density at radius 3 is 2.62 bits per heavy atom. The van der Waals surface area contributed by atoms with E-state index < -0.39 is 11.7 Å². The van der Waals surface area contributed by atoms with Crippen molar-refractivity contribution in [2.75, 3.05) is 13.7 Å².